The van der Waals surface area contributed by atoms with E-state index in [-0.39, 0.29) is 0 Å². The second kappa shape index (κ2) is 4.73. The first kappa shape index (κ1) is 10.6. The molecule has 2 rings (SSSR count). The molecule has 1 aliphatic rings. The van der Waals surface area contributed by atoms with Gasteiger partial charge in [0, 0.05) is 44.6 Å². The van der Waals surface area contributed by atoms with Crippen molar-refractivity contribution < 1.29 is 0 Å². The number of nitrogens with one attached hydrogen (secondary N) is 1. The van der Waals surface area contributed by atoms with Crippen LogP contribution in [0.1, 0.15) is 24.1 Å². The maximum Gasteiger partial charge on any atom is 0.0324 e. The van der Waals surface area contributed by atoms with Gasteiger partial charge in [0.1, 0.15) is 0 Å². The van der Waals surface area contributed by atoms with Crippen LogP contribution >= 0.6 is 0 Å². The topological polar surface area (TPSA) is 28.2 Å². The summed E-state index contributed by atoms with van der Waals surface area (Å²) >= 11 is 0. The monoisotopic (exact) mass is 205 g/mol. The van der Waals surface area contributed by atoms with Gasteiger partial charge in [-0.1, -0.05) is 0 Å². The highest BCUT2D eigenvalue weighted by Gasteiger charge is 2.18. The van der Waals surface area contributed by atoms with E-state index < -0.39 is 0 Å². The minimum atomic E-state index is 0.509. The van der Waals surface area contributed by atoms with Crippen LogP contribution in [0.2, 0.25) is 0 Å². The minimum absolute atomic E-state index is 0.509. The number of aryl methyl sites for hydroxylation is 1. The first-order chi connectivity index (χ1) is 7.29. The molecule has 0 spiro atoms. The van der Waals surface area contributed by atoms with Crippen LogP contribution in [-0.2, 0) is 0 Å². The summed E-state index contributed by atoms with van der Waals surface area (Å²) in [5.74, 6) is 0. The van der Waals surface area contributed by atoms with Crippen molar-refractivity contribution in [3.63, 3.8) is 0 Å². The Morgan fingerprint density at radius 1 is 1.40 bits per heavy atom. The predicted octanol–water partition coefficient (Wildman–Crippen LogP) is 1.36. The lowest BCUT2D eigenvalue weighted by molar-refractivity contribution is 0.185. The van der Waals surface area contributed by atoms with Crippen molar-refractivity contribution >= 4 is 0 Å². The quantitative estimate of drug-likeness (QED) is 0.790. The van der Waals surface area contributed by atoms with E-state index in [2.05, 4.69) is 35.1 Å². The molecular formula is C12H19N3. The Bertz CT molecular complexity index is 318. The number of pyridine rings is 1. The molecule has 1 fully saturated rings. The zero-order valence-electron chi connectivity index (χ0n) is 9.53. The number of hydrogen-bond acceptors (Lipinski definition) is 3. The average molecular weight is 205 g/mol. The van der Waals surface area contributed by atoms with Gasteiger partial charge in [0.15, 0.2) is 0 Å². The Balaban J connectivity index is 2.12. The fraction of sp³-hybridized carbons (Fsp3) is 0.583. The second-order valence-corrected chi connectivity index (χ2v) is 4.19. The van der Waals surface area contributed by atoms with Gasteiger partial charge in [0.2, 0.25) is 0 Å². The largest absolute Gasteiger partial charge is 0.314 e. The molecule has 1 aliphatic heterocycles. The van der Waals surface area contributed by atoms with Crippen LogP contribution in [-0.4, -0.2) is 36.1 Å². The third kappa shape index (κ3) is 2.36. The van der Waals surface area contributed by atoms with E-state index in [1.54, 1.807) is 0 Å². The Labute approximate surface area is 91.5 Å². The lowest BCUT2D eigenvalue weighted by atomic mass is 10.0. The molecule has 1 N–H and O–H groups in total. The molecule has 15 heavy (non-hydrogen) atoms. The molecule has 0 aromatic carbocycles. The summed E-state index contributed by atoms with van der Waals surface area (Å²) < 4.78 is 0. The average Bonchev–Trinajstić information content (AvgIpc) is 2.30. The molecular weight excluding hydrogens is 186 g/mol. The number of rotatable bonds is 2. The van der Waals surface area contributed by atoms with Gasteiger partial charge in [0.25, 0.3) is 0 Å². The lowest BCUT2D eigenvalue weighted by Crippen LogP contribution is -2.44. The highest BCUT2D eigenvalue weighted by atomic mass is 15.2. The third-order valence-electron chi connectivity index (χ3n) is 3.21. The zero-order chi connectivity index (χ0) is 10.7. The number of piperazine rings is 1. The SMILES string of the molecule is Cc1cnccc1C(C)N1CCNCC1. The van der Waals surface area contributed by atoms with E-state index in [9.17, 15) is 0 Å². The summed E-state index contributed by atoms with van der Waals surface area (Å²) in [5, 5.41) is 3.38. The maximum absolute atomic E-state index is 4.14. The summed E-state index contributed by atoms with van der Waals surface area (Å²) in [6, 6.07) is 2.65. The van der Waals surface area contributed by atoms with Crippen LogP contribution in [0.5, 0.6) is 0 Å². The first-order valence-electron chi connectivity index (χ1n) is 5.64. The molecule has 3 nitrogen and oxygen atoms in total. The molecule has 82 valence electrons. The Morgan fingerprint density at radius 2 is 2.13 bits per heavy atom. The van der Waals surface area contributed by atoms with Crippen molar-refractivity contribution in [2.45, 2.75) is 19.9 Å². The predicted molar refractivity (Wildman–Crippen MR) is 61.8 cm³/mol. The molecule has 3 heteroatoms. The number of nitrogens with zero attached hydrogens (tertiary/aromatic N) is 2. The zero-order valence-corrected chi connectivity index (χ0v) is 9.53. The Kier molecular flexibility index (Phi) is 3.34. The highest BCUT2D eigenvalue weighted by Crippen LogP contribution is 2.22. The summed E-state index contributed by atoms with van der Waals surface area (Å²) in [6.45, 7) is 8.92. The van der Waals surface area contributed by atoms with Crippen molar-refractivity contribution in [2.24, 2.45) is 0 Å². The van der Waals surface area contributed by atoms with Gasteiger partial charge in [-0.25, -0.2) is 0 Å². The van der Waals surface area contributed by atoms with Crippen LogP contribution in [0.15, 0.2) is 18.5 Å². The van der Waals surface area contributed by atoms with Gasteiger partial charge in [-0.2, -0.15) is 0 Å². The van der Waals surface area contributed by atoms with Gasteiger partial charge in [-0.3, -0.25) is 9.88 Å². The summed E-state index contributed by atoms with van der Waals surface area (Å²) in [6.07, 6.45) is 3.84. The molecule has 0 amide bonds. The Morgan fingerprint density at radius 3 is 2.80 bits per heavy atom. The van der Waals surface area contributed by atoms with Crippen LogP contribution < -0.4 is 5.32 Å². The second-order valence-electron chi connectivity index (χ2n) is 4.19. The van der Waals surface area contributed by atoms with Gasteiger partial charge in [-0.15, -0.1) is 0 Å². The van der Waals surface area contributed by atoms with Crippen molar-refractivity contribution in [3.05, 3.63) is 29.6 Å². The van der Waals surface area contributed by atoms with Crippen molar-refractivity contribution in [2.75, 3.05) is 26.2 Å². The molecule has 1 aromatic heterocycles. The van der Waals surface area contributed by atoms with E-state index >= 15 is 0 Å². The van der Waals surface area contributed by atoms with Crippen LogP contribution in [0.3, 0.4) is 0 Å². The maximum atomic E-state index is 4.14. The van der Waals surface area contributed by atoms with E-state index in [0.29, 0.717) is 6.04 Å². The van der Waals surface area contributed by atoms with Crippen molar-refractivity contribution in [1.82, 2.24) is 15.2 Å². The highest BCUT2D eigenvalue weighted by molar-refractivity contribution is 5.24. The van der Waals surface area contributed by atoms with Gasteiger partial charge >= 0.3 is 0 Å². The molecule has 1 atom stereocenters. The summed E-state index contributed by atoms with van der Waals surface area (Å²) in [5.41, 5.74) is 2.70. The van der Waals surface area contributed by atoms with E-state index in [1.807, 2.05) is 12.4 Å². The number of aromatic nitrogens is 1. The third-order valence-corrected chi connectivity index (χ3v) is 3.21. The normalized spacial score (nSPS) is 20.1. The van der Waals surface area contributed by atoms with Crippen LogP contribution in [0, 0.1) is 6.92 Å². The fourth-order valence-electron chi connectivity index (χ4n) is 2.22. The van der Waals surface area contributed by atoms with Crippen molar-refractivity contribution in [3.8, 4) is 0 Å². The summed E-state index contributed by atoms with van der Waals surface area (Å²) in [7, 11) is 0. The van der Waals surface area contributed by atoms with E-state index in [0.717, 1.165) is 26.2 Å². The van der Waals surface area contributed by atoms with Gasteiger partial charge in [0.05, 0.1) is 0 Å². The molecule has 0 radical (unpaired) electrons. The lowest BCUT2D eigenvalue weighted by Gasteiger charge is -2.33. The Hall–Kier alpha value is -0.930. The molecule has 1 aromatic rings. The molecule has 0 bridgehead atoms. The van der Waals surface area contributed by atoms with Gasteiger partial charge < -0.3 is 5.32 Å². The van der Waals surface area contributed by atoms with Crippen LogP contribution in [0.25, 0.3) is 0 Å². The molecule has 1 saturated heterocycles. The first-order valence-corrected chi connectivity index (χ1v) is 5.64. The number of hydrogen-bond donors (Lipinski definition) is 1. The van der Waals surface area contributed by atoms with Gasteiger partial charge in [-0.05, 0) is 31.0 Å². The van der Waals surface area contributed by atoms with Crippen molar-refractivity contribution in [1.29, 1.82) is 0 Å². The smallest absolute Gasteiger partial charge is 0.0324 e. The minimum Gasteiger partial charge on any atom is -0.314 e. The summed E-state index contributed by atoms with van der Waals surface area (Å²) in [4.78, 5) is 6.67. The standard InChI is InChI=1S/C12H19N3/c1-10-9-14-4-3-12(10)11(2)15-7-5-13-6-8-15/h3-4,9,11,13H,5-8H2,1-2H3. The molecule has 2 heterocycles. The van der Waals surface area contributed by atoms with Crippen LogP contribution in [0.4, 0.5) is 0 Å². The molecule has 0 aliphatic carbocycles. The molecule has 1 unspecified atom stereocenters. The fourth-order valence-corrected chi connectivity index (χ4v) is 2.22. The van der Waals surface area contributed by atoms with E-state index in [1.165, 1.54) is 11.1 Å². The van der Waals surface area contributed by atoms with E-state index in [4.69, 9.17) is 0 Å². The molecule has 0 saturated carbocycles.